The second kappa shape index (κ2) is 7.09. The van der Waals surface area contributed by atoms with Gasteiger partial charge >= 0.3 is 6.09 Å². The Kier molecular flexibility index (Phi) is 5.76. The number of carbonyl (C=O) groups excluding carboxylic acids is 1. The molecule has 0 spiro atoms. The number of nitrogens with one attached hydrogen (secondary N) is 2. The number of pyridine rings is 1. The molecule has 2 N–H and O–H groups in total. The number of aryl methyl sites for hydroxylation is 1. The van der Waals surface area contributed by atoms with Crippen LogP contribution in [0.4, 0.5) is 4.79 Å². The molecule has 19 heavy (non-hydrogen) atoms. The number of hydrogen-bond acceptors (Lipinski definition) is 4. The molecule has 1 heterocycles. The van der Waals surface area contributed by atoms with Gasteiger partial charge in [-0.2, -0.15) is 0 Å². The number of hydrogen-bond donors (Lipinski definition) is 2. The van der Waals surface area contributed by atoms with Gasteiger partial charge in [-0.25, -0.2) is 4.79 Å². The van der Waals surface area contributed by atoms with Crippen LogP contribution in [0, 0.1) is 6.92 Å². The molecule has 0 fully saturated rings. The van der Waals surface area contributed by atoms with Gasteiger partial charge in [0.15, 0.2) is 0 Å². The Balaban J connectivity index is 2.15. The Bertz CT molecular complexity index is 413. The maximum Gasteiger partial charge on any atom is 0.407 e. The van der Waals surface area contributed by atoms with E-state index in [9.17, 15) is 4.79 Å². The van der Waals surface area contributed by atoms with Crippen molar-refractivity contribution in [2.75, 3.05) is 13.1 Å². The van der Waals surface area contributed by atoms with Gasteiger partial charge in [-0.3, -0.25) is 4.98 Å². The predicted octanol–water partition coefficient (Wildman–Crippen LogP) is 2.00. The number of ether oxygens (including phenoxy) is 1. The highest BCUT2D eigenvalue weighted by Gasteiger charge is 2.15. The van der Waals surface area contributed by atoms with E-state index in [0.717, 1.165) is 6.54 Å². The molecule has 0 unspecified atom stereocenters. The molecule has 1 aromatic heterocycles. The first-order valence-corrected chi connectivity index (χ1v) is 6.45. The monoisotopic (exact) mass is 265 g/mol. The summed E-state index contributed by atoms with van der Waals surface area (Å²) < 4.78 is 5.13. The molecule has 0 aromatic carbocycles. The average molecular weight is 265 g/mol. The van der Waals surface area contributed by atoms with Crippen LogP contribution in [0.2, 0.25) is 0 Å². The maximum absolute atomic E-state index is 11.4. The molecule has 1 amide bonds. The van der Waals surface area contributed by atoms with Crippen molar-refractivity contribution in [1.29, 1.82) is 0 Å². The summed E-state index contributed by atoms with van der Waals surface area (Å²) in [5.74, 6) is 0. The minimum Gasteiger partial charge on any atom is -0.444 e. The predicted molar refractivity (Wildman–Crippen MR) is 74.9 cm³/mol. The fourth-order valence-corrected chi connectivity index (χ4v) is 1.47. The fraction of sp³-hybridized carbons (Fsp3) is 0.571. The third-order valence-electron chi connectivity index (χ3n) is 2.43. The Morgan fingerprint density at radius 3 is 2.74 bits per heavy atom. The van der Waals surface area contributed by atoms with E-state index in [-0.39, 0.29) is 6.09 Å². The molecule has 0 aliphatic carbocycles. The lowest BCUT2D eigenvalue weighted by atomic mass is 10.1. The summed E-state index contributed by atoms with van der Waals surface area (Å²) in [7, 11) is 0. The number of rotatable bonds is 5. The van der Waals surface area contributed by atoms with Crippen LogP contribution >= 0.6 is 0 Å². The largest absolute Gasteiger partial charge is 0.444 e. The topological polar surface area (TPSA) is 63.2 Å². The number of carbonyl (C=O) groups is 1. The van der Waals surface area contributed by atoms with Crippen molar-refractivity contribution < 1.29 is 9.53 Å². The normalized spacial score (nSPS) is 11.2. The minimum atomic E-state index is -0.454. The lowest BCUT2D eigenvalue weighted by molar-refractivity contribution is 0.0528. The van der Waals surface area contributed by atoms with Gasteiger partial charge in [0.1, 0.15) is 5.60 Å². The number of alkyl carbamates (subject to hydrolysis) is 1. The van der Waals surface area contributed by atoms with E-state index < -0.39 is 5.60 Å². The van der Waals surface area contributed by atoms with E-state index in [4.69, 9.17) is 4.74 Å². The Morgan fingerprint density at radius 1 is 1.37 bits per heavy atom. The van der Waals surface area contributed by atoms with Gasteiger partial charge in [-0.1, -0.05) is 0 Å². The molecule has 0 atom stereocenters. The standard InChI is InChI=1S/C14H23N3O2/c1-11-5-6-15-9-12(11)10-16-7-8-17-13(18)19-14(2,3)4/h5-6,9,16H,7-8,10H2,1-4H3,(H,17,18). The molecule has 1 rings (SSSR count). The highest BCUT2D eigenvalue weighted by atomic mass is 16.6. The molecule has 0 saturated heterocycles. The van der Waals surface area contributed by atoms with Crippen molar-refractivity contribution in [3.05, 3.63) is 29.6 Å². The minimum absolute atomic E-state index is 0.383. The number of nitrogens with zero attached hydrogens (tertiary/aromatic N) is 1. The van der Waals surface area contributed by atoms with Crippen LogP contribution in [0.1, 0.15) is 31.9 Å². The van der Waals surface area contributed by atoms with Gasteiger partial charge in [0.25, 0.3) is 0 Å². The van der Waals surface area contributed by atoms with E-state index in [1.165, 1.54) is 11.1 Å². The Hall–Kier alpha value is -1.62. The van der Waals surface area contributed by atoms with Gasteiger partial charge in [0.05, 0.1) is 0 Å². The van der Waals surface area contributed by atoms with E-state index >= 15 is 0 Å². The Labute approximate surface area is 114 Å². The van der Waals surface area contributed by atoms with Crippen molar-refractivity contribution in [2.45, 2.75) is 39.8 Å². The summed E-state index contributed by atoms with van der Waals surface area (Å²) in [6.45, 7) is 9.55. The smallest absolute Gasteiger partial charge is 0.407 e. The van der Waals surface area contributed by atoms with E-state index in [1.54, 1.807) is 6.20 Å². The summed E-state index contributed by atoms with van der Waals surface area (Å²) in [5.41, 5.74) is 1.92. The van der Waals surface area contributed by atoms with Crippen molar-refractivity contribution in [1.82, 2.24) is 15.6 Å². The summed E-state index contributed by atoms with van der Waals surface area (Å²) in [4.78, 5) is 15.5. The third-order valence-corrected chi connectivity index (χ3v) is 2.43. The van der Waals surface area contributed by atoms with Crippen LogP contribution in [0.25, 0.3) is 0 Å². The van der Waals surface area contributed by atoms with Gasteiger partial charge < -0.3 is 15.4 Å². The molecule has 0 aliphatic rings. The first-order valence-electron chi connectivity index (χ1n) is 6.45. The third kappa shape index (κ3) is 6.76. The van der Waals surface area contributed by atoms with Crippen LogP contribution in [0.3, 0.4) is 0 Å². The van der Waals surface area contributed by atoms with Crippen LogP contribution in [-0.2, 0) is 11.3 Å². The molecule has 0 aliphatic heterocycles. The first-order chi connectivity index (χ1) is 8.88. The molecule has 5 nitrogen and oxygen atoms in total. The highest BCUT2D eigenvalue weighted by molar-refractivity contribution is 5.67. The molecule has 5 heteroatoms. The molecule has 0 bridgehead atoms. The zero-order chi connectivity index (χ0) is 14.3. The van der Waals surface area contributed by atoms with Gasteiger partial charge in [-0.15, -0.1) is 0 Å². The molecule has 0 saturated carbocycles. The van der Waals surface area contributed by atoms with E-state index in [0.29, 0.717) is 13.1 Å². The van der Waals surface area contributed by atoms with E-state index in [2.05, 4.69) is 22.5 Å². The maximum atomic E-state index is 11.4. The average Bonchev–Trinajstić information content (AvgIpc) is 2.28. The van der Waals surface area contributed by atoms with Crippen LogP contribution in [0.15, 0.2) is 18.5 Å². The highest BCUT2D eigenvalue weighted by Crippen LogP contribution is 2.06. The van der Waals surface area contributed by atoms with Crippen LogP contribution in [0.5, 0.6) is 0 Å². The van der Waals surface area contributed by atoms with Crippen LogP contribution in [-0.4, -0.2) is 29.8 Å². The summed E-state index contributed by atoms with van der Waals surface area (Å²) >= 11 is 0. The fourth-order valence-electron chi connectivity index (χ4n) is 1.47. The molecule has 0 radical (unpaired) electrons. The zero-order valence-corrected chi connectivity index (χ0v) is 12.1. The van der Waals surface area contributed by atoms with Crippen molar-refractivity contribution in [2.24, 2.45) is 0 Å². The van der Waals surface area contributed by atoms with Crippen molar-refractivity contribution in [3.8, 4) is 0 Å². The van der Waals surface area contributed by atoms with Crippen molar-refractivity contribution in [3.63, 3.8) is 0 Å². The first kappa shape index (κ1) is 15.4. The SMILES string of the molecule is Cc1ccncc1CNCCNC(=O)OC(C)(C)C. The van der Waals surface area contributed by atoms with Crippen molar-refractivity contribution >= 4 is 6.09 Å². The number of aromatic nitrogens is 1. The summed E-state index contributed by atoms with van der Waals surface area (Å²) in [6.07, 6.45) is 3.25. The summed E-state index contributed by atoms with van der Waals surface area (Å²) in [5, 5.41) is 5.95. The molecular weight excluding hydrogens is 242 g/mol. The lowest BCUT2D eigenvalue weighted by Gasteiger charge is -2.19. The second-order valence-electron chi connectivity index (χ2n) is 5.41. The van der Waals surface area contributed by atoms with Gasteiger partial charge in [0, 0.05) is 32.0 Å². The quantitative estimate of drug-likeness (QED) is 0.799. The van der Waals surface area contributed by atoms with Gasteiger partial charge in [0.2, 0.25) is 0 Å². The Morgan fingerprint density at radius 2 is 2.11 bits per heavy atom. The molecule has 1 aromatic rings. The molecule has 106 valence electrons. The van der Waals surface area contributed by atoms with Gasteiger partial charge in [-0.05, 0) is 44.9 Å². The lowest BCUT2D eigenvalue weighted by Crippen LogP contribution is -2.36. The number of amides is 1. The summed E-state index contributed by atoms with van der Waals surface area (Å²) in [6, 6.07) is 1.98. The van der Waals surface area contributed by atoms with Crippen LogP contribution < -0.4 is 10.6 Å². The molecular formula is C14H23N3O2. The van der Waals surface area contributed by atoms with E-state index in [1.807, 2.05) is 33.0 Å². The second-order valence-corrected chi connectivity index (χ2v) is 5.41. The zero-order valence-electron chi connectivity index (χ0n) is 12.1.